The maximum atomic E-state index is 12.9. The molecule has 30 heavy (non-hydrogen) atoms. The minimum Gasteiger partial charge on any atom is -0.335 e. The number of benzene rings is 2. The van der Waals surface area contributed by atoms with Crippen LogP contribution in [0.4, 0.5) is 13.2 Å². The van der Waals surface area contributed by atoms with Crippen molar-refractivity contribution < 1.29 is 22.8 Å². The van der Waals surface area contributed by atoms with Gasteiger partial charge in [-0.15, -0.1) is 0 Å². The maximum Gasteiger partial charge on any atom is 0.416 e. The third-order valence-corrected chi connectivity index (χ3v) is 4.76. The van der Waals surface area contributed by atoms with Crippen LogP contribution in [0.1, 0.15) is 32.9 Å². The highest BCUT2D eigenvalue weighted by Gasteiger charge is 2.30. The van der Waals surface area contributed by atoms with Crippen LogP contribution in [0.15, 0.2) is 54.6 Å². The molecule has 8 heteroatoms. The Hall–Kier alpha value is -3.42. The van der Waals surface area contributed by atoms with E-state index in [0.717, 1.165) is 17.8 Å². The molecular weight excluding hydrogens is 395 g/mol. The molecule has 0 aliphatic heterocycles. The van der Waals surface area contributed by atoms with Gasteiger partial charge in [-0.25, -0.2) is 4.68 Å². The van der Waals surface area contributed by atoms with Crippen LogP contribution in [0.5, 0.6) is 0 Å². The summed E-state index contributed by atoms with van der Waals surface area (Å²) in [5, 5.41) is 4.38. The van der Waals surface area contributed by atoms with Crippen LogP contribution in [0, 0.1) is 13.8 Å². The molecule has 3 rings (SSSR count). The Morgan fingerprint density at radius 1 is 1.00 bits per heavy atom. The molecule has 5 nitrogen and oxygen atoms in total. The minimum absolute atomic E-state index is 0.00757. The number of likely N-dealkylation sites (N-methyl/N-ethyl adjacent to an activating group) is 1. The van der Waals surface area contributed by atoms with Crippen molar-refractivity contribution in [1.82, 2.24) is 14.7 Å². The highest BCUT2D eigenvalue weighted by Crippen LogP contribution is 2.29. The van der Waals surface area contributed by atoms with Crippen molar-refractivity contribution in [3.63, 3.8) is 0 Å². The van der Waals surface area contributed by atoms with Crippen molar-refractivity contribution >= 4 is 11.7 Å². The summed E-state index contributed by atoms with van der Waals surface area (Å²) in [4.78, 5) is 26.7. The molecule has 1 amide bonds. The first-order valence-electron chi connectivity index (χ1n) is 9.17. The Labute approximate surface area is 171 Å². The van der Waals surface area contributed by atoms with Gasteiger partial charge in [0.25, 0.3) is 11.7 Å². The van der Waals surface area contributed by atoms with Crippen molar-refractivity contribution in [1.29, 1.82) is 0 Å². The number of para-hydroxylation sites is 1. The zero-order chi connectivity index (χ0) is 22.1. The molecule has 0 saturated carbocycles. The number of halogens is 3. The first kappa shape index (κ1) is 21.3. The Morgan fingerprint density at radius 2 is 1.60 bits per heavy atom. The van der Waals surface area contributed by atoms with Crippen LogP contribution in [-0.2, 0) is 17.5 Å². The number of hydrogen-bond acceptors (Lipinski definition) is 3. The molecule has 0 saturated heterocycles. The number of aromatic nitrogens is 2. The summed E-state index contributed by atoms with van der Waals surface area (Å²) in [6, 6.07) is 13.7. The Kier molecular flexibility index (Phi) is 5.78. The molecular formula is C22H20F3N3O2. The fourth-order valence-electron chi connectivity index (χ4n) is 3.22. The predicted octanol–water partition coefficient (Wildman–Crippen LogP) is 4.35. The van der Waals surface area contributed by atoms with Gasteiger partial charge in [-0.1, -0.05) is 30.3 Å². The number of Topliss-reactive ketones (excluding diaryl/α,β-unsaturated/α-hetero) is 1. The number of carbonyl (C=O) groups excluding carboxylic acids is 2. The molecule has 2 aromatic carbocycles. The van der Waals surface area contributed by atoms with E-state index in [-0.39, 0.29) is 12.1 Å². The van der Waals surface area contributed by atoms with E-state index in [4.69, 9.17) is 0 Å². The number of rotatable bonds is 5. The molecule has 0 fully saturated rings. The third-order valence-electron chi connectivity index (χ3n) is 4.76. The molecule has 0 unspecified atom stereocenters. The Bertz CT molecular complexity index is 1070. The number of nitrogens with zero attached hydrogens (tertiary/aromatic N) is 3. The standard InChI is InChI=1S/C22H20F3N3O2/c1-14-19(15(2)28(26-14)18-7-5-4-6-8-18)20(29)21(30)27(3)13-16-9-11-17(12-10-16)22(23,24)25/h4-12H,13H2,1-3H3. The summed E-state index contributed by atoms with van der Waals surface area (Å²) in [5.41, 5.74) is 1.68. The van der Waals surface area contributed by atoms with E-state index < -0.39 is 23.4 Å². The minimum atomic E-state index is -4.43. The molecule has 0 aliphatic carbocycles. The number of amides is 1. The molecule has 1 aromatic heterocycles. The van der Waals surface area contributed by atoms with E-state index in [0.29, 0.717) is 17.0 Å². The second-order valence-electron chi connectivity index (χ2n) is 6.98. The van der Waals surface area contributed by atoms with E-state index in [2.05, 4.69) is 5.10 Å². The third kappa shape index (κ3) is 4.27. The van der Waals surface area contributed by atoms with Gasteiger partial charge >= 0.3 is 6.18 Å². The number of aryl methyl sites for hydroxylation is 1. The van der Waals surface area contributed by atoms with Crippen LogP contribution >= 0.6 is 0 Å². The van der Waals surface area contributed by atoms with Gasteiger partial charge in [0.05, 0.1) is 28.2 Å². The van der Waals surface area contributed by atoms with E-state index in [1.165, 1.54) is 24.1 Å². The number of ketones is 1. The molecule has 0 spiro atoms. The maximum absolute atomic E-state index is 12.9. The smallest absolute Gasteiger partial charge is 0.335 e. The fourth-order valence-corrected chi connectivity index (χ4v) is 3.22. The van der Waals surface area contributed by atoms with Crippen LogP contribution in [0.3, 0.4) is 0 Å². The molecule has 0 bridgehead atoms. The van der Waals surface area contributed by atoms with Crippen molar-refractivity contribution in [3.05, 3.63) is 82.7 Å². The van der Waals surface area contributed by atoms with Gasteiger partial charge in [-0.3, -0.25) is 9.59 Å². The first-order valence-corrected chi connectivity index (χ1v) is 9.17. The summed E-state index contributed by atoms with van der Waals surface area (Å²) in [6.07, 6.45) is -4.43. The molecule has 0 N–H and O–H groups in total. The summed E-state index contributed by atoms with van der Waals surface area (Å²) in [6.45, 7) is 3.37. The molecule has 3 aromatic rings. The van der Waals surface area contributed by atoms with E-state index in [9.17, 15) is 22.8 Å². The summed E-state index contributed by atoms with van der Waals surface area (Å²) >= 11 is 0. The molecule has 0 aliphatic rings. The van der Waals surface area contributed by atoms with Gasteiger partial charge in [-0.2, -0.15) is 18.3 Å². The van der Waals surface area contributed by atoms with Gasteiger partial charge in [0.2, 0.25) is 0 Å². The SMILES string of the molecule is Cc1nn(-c2ccccc2)c(C)c1C(=O)C(=O)N(C)Cc1ccc(C(F)(F)F)cc1. The zero-order valence-electron chi connectivity index (χ0n) is 16.7. The van der Waals surface area contributed by atoms with Gasteiger partial charge < -0.3 is 4.90 Å². The second-order valence-corrected chi connectivity index (χ2v) is 6.98. The lowest BCUT2D eigenvalue weighted by Crippen LogP contribution is -2.33. The lowest BCUT2D eigenvalue weighted by Gasteiger charge is -2.17. The second kappa shape index (κ2) is 8.14. The van der Waals surface area contributed by atoms with Crippen molar-refractivity contribution in [2.24, 2.45) is 0 Å². The first-order chi connectivity index (χ1) is 14.1. The van der Waals surface area contributed by atoms with E-state index in [1.54, 1.807) is 18.5 Å². The Balaban J connectivity index is 1.79. The van der Waals surface area contributed by atoms with Crippen LogP contribution in [0.25, 0.3) is 5.69 Å². The number of carbonyl (C=O) groups is 2. The van der Waals surface area contributed by atoms with Gasteiger partial charge in [-0.05, 0) is 43.7 Å². The largest absolute Gasteiger partial charge is 0.416 e. The molecule has 0 radical (unpaired) electrons. The average molecular weight is 415 g/mol. The Morgan fingerprint density at radius 3 is 2.17 bits per heavy atom. The van der Waals surface area contributed by atoms with Crippen molar-refractivity contribution in [2.45, 2.75) is 26.6 Å². The molecule has 156 valence electrons. The zero-order valence-corrected chi connectivity index (χ0v) is 16.7. The average Bonchev–Trinajstić information content (AvgIpc) is 3.01. The fraction of sp³-hybridized carbons (Fsp3) is 0.227. The van der Waals surface area contributed by atoms with Crippen molar-refractivity contribution in [2.75, 3.05) is 7.05 Å². The summed E-state index contributed by atoms with van der Waals surface area (Å²) in [5.74, 6) is -1.46. The normalized spacial score (nSPS) is 11.4. The summed E-state index contributed by atoms with van der Waals surface area (Å²) in [7, 11) is 1.43. The topological polar surface area (TPSA) is 55.2 Å². The quantitative estimate of drug-likeness (QED) is 0.460. The van der Waals surface area contributed by atoms with Crippen LogP contribution in [0.2, 0.25) is 0 Å². The van der Waals surface area contributed by atoms with Gasteiger partial charge in [0.15, 0.2) is 0 Å². The summed E-state index contributed by atoms with van der Waals surface area (Å²) < 4.78 is 39.7. The molecule has 0 atom stereocenters. The van der Waals surface area contributed by atoms with Crippen LogP contribution < -0.4 is 0 Å². The monoisotopic (exact) mass is 415 g/mol. The number of alkyl halides is 3. The van der Waals surface area contributed by atoms with Crippen LogP contribution in [-0.4, -0.2) is 33.4 Å². The van der Waals surface area contributed by atoms with Gasteiger partial charge in [0.1, 0.15) is 0 Å². The van der Waals surface area contributed by atoms with Crippen molar-refractivity contribution in [3.8, 4) is 5.69 Å². The highest BCUT2D eigenvalue weighted by molar-refractivity contribution is 6.43. The predicted molar refractivity (Wildman–Crippen MR) is 105 cm³/mol. The lowest BCUT2D eigenvalue weighted by molar-refractivity contribution is -0.137. The molecule has 1 heterocycles. The highest BCUT2D eigenvalue weighted by atomic mass is 19.4. The lowest BCUT2D eigenvalue weighted by atomic mass is 10.1. The van der Waals surface area contributed by atoms with E-state index in [1.807, 2.05) is 30.3 Å². The van der Waals surface area contributed by atoms with E-state index >= 15 is 0 Å². The van der Waals surface area contributed by atoms with Gasteiger partial charge in [0, 0.05) is 13.6 Å². The number of hydrogen-bond donors (Lipinski definition) is 0.